The molecule has 1 aliphatic heterocycles. The maximum absolute atomic E-state index is 13.1. The molecule has 2 aromatic rings. The Morgan fingerprint density at radius 2 is 1.89 bits per heavy atom. The van der Waals surface area contributed by atoms with Crippen molar-refractivity contribution in [1.29, 1.82) is 0 Å². The molecule has 1 fully saturated rings. The Morgan fingerprint density at radius 1 is 1.11 bits per heavy atom. The first-order valence-corrected chi connectivity index (χ1v) is 9.06. The summed E-state index contributed by atoms with van der Waals surface area (Å²) in [5, 5.41) is 1.09. The minimum absolute atomic E-state index is 0.00234. The van der Waals surface area contributed by atoms with Crippen molar-refractivity contribution in [2.75, 3.05) is 26.4 Å². The van der Waals surface area contributed by atoms with Gasteiger partial charge in [-0.25, -0.2) is 4.74 Å². The summed E-state index contributed by atoms with van der Waals surface area (Å²) in [6, 6.07) is 13.5. The molecule has 1 heterocycles. The number of nitrogens with zero attached hydrogens (tertiary/aromatic N) is 1. The molecular formula is C20H20F3NO4. The Labute approximate surface area is 160 Å². The highest BCUT2D eigenvalue weighted by molar-refractivity contribution is 5.78. The summed E-state index contributed by atoms with van der Waals surface area (Å²) in [7, 11) is 0. The van der Waals surface area contributed by atoms with Crippen molar-refractivity contribution < 1.29 is 32.2 Å². The predicted octanol–water partition coefficient (Wildman–Crippen LogP) is 4.11. The van der Waals surface area contributed by atoms with Gasteiger partial charge in [0.1, 0.15) is 6.61 Å². The van der Waals surface area contributed by atoms with E-state index in [1.165, 1.54) is 0 Å². The first-order chi connectivity index (χ1) is 13.4. The SMILES string of the molecule is CCOC1(OC(F)(F)F)COCCN1Oc1cccc2c1Cc1ccccc1-2. The van der Waals surface area contributed by atoms with Gasteiger partial charge in [0.05, 0.1) is 13.2 Å². The molecular weight excluding hydrogens is 375 g/mol. The molecule has 2 aliphatic rings. The fourth-order valence-corrected chi connectivity index (χ4v) is 3.67. The smallest absolute Gasteiger partial charge is 0.400 e. The monoisotopic (exact) mass is 395 g/mol. The normalized spacial score (nSPS) is 22.0. The van der Waals surface area contributed by atoms with Crippen LogP contribution in [0.15, 0.2) is 42.5 Å². The lowest BCUT2D eigenvalue weighted by molar-refractivity contribution is -0.496. The minimum atomic E-state index is -4.91. The van der Waals surface area contributed by atoms with E-state index in [1.807, 2.05) is 36.4 Å². The molecule has 1 saturated heterocycles. The van der Waals surface area contributed by atoms with Crippen LogP contribution in [0.25, 0.3) is 11.1 Å². The van der Waals surface area contributed by atoms with Gasteiger partial charge in [0, 0.05) is 18.6 Å². The van der Waals surface area contributed by atoms with E-state index < -0.39 is 18.9 Å². The number of benzene rings is 2. The van der Waals surface area contributed by atoms with Gasteiger partial charge in [-0.2, -0.15) is 0 Å². The van der Waals surface area contributed by atoms with E-state index in [9.17, 15) is 13.2 Å². The molecule has 5 nitrogen and oxygen atoms in total. The molecule has 0 radical (unpaired) electrons. The van der Waals surface area contributed by atoms with Gasteiger partial charge >= 0.3 is 6.36 Å². The van der Waals surface area contributed by atoms with Crippen molar-refractivity contribution in [2.45, 2.75) is 25.6 Å². The second-order valence-electron chi connectivity index (χ2n) is 6.56. The van der Waals surface area contributed by atoms with Gasteiger partial charge < -0.3 is 14.3 Å². The molecule has 0 aromatic heterocycles. The predicted molar refractivity (Wildman–Crippen MR) is 94.3 cm³/mol. The molecule has 0 bridgehead atoms. The second-order valence-corrected chi connectivity index (χ2v) is 6.56. The number of alkyl halides is 3. The van der Waals surface area contributed by atoms with Crippen LogP contribution in [0, 0.1) is 0 Å². The van der Waals surface area contributed by atoms with E-state index >= 15 is 0 Å². The van der Waals surface area contributed by atoms with Gasteiger partial charge in [0.2, 0.25) is 0 Å². The molecule has 8 heteroatoms. The third-order valence-corrected chi connectivity index (χ3v) is 4.76. The van der Waals surface area contributed by atoms with Gasteiger partial charge in [0.25, 0.3) is 5.91 Å². The van der Waals surface area contributed by atoms with Gasteiger partial charge in [-0.3, -0.25) is 0 Å². The summed E-state index contributed by atoms with van der Waals surface area (Å²) in [4.78, 5) is 5.95. The van der Waals surface area contributed by atoms with Gasteiger partial charge in [0.15, 0.2) is 5.75 Å². The largest absolute Gasteiger partial charge is 0.526 e. The third-order valence-electron chi connectivity index (χ3n) is 4.76. The fourth-order valence-electron chi connectivity index (χ4n) is 3.67. The topological polar surface area (TPSA) is 40.2 Å². The molecule has 0 amide bonds. The van der Waals surface area contributed by atoms with Crippen LogP contribution in [0.2, 0.25) is 0 Å². The van der Waals surface area contributed by atoms with E-state index in [0.717, 1.165) is 27.3 Å². The van der Waals surface area contributed by atoms with E-state index in [1.54, 1.807) is 13.0 Å². The minimum Gasteiger partial charge on any atom is -0.400 e. The molecule has 28 heavy (non-hydrogen) atoms. The van der Waals surface area contributed by atoms with E-state index in [0.29, 0.717) is 12.2 Å². The first-order valence-electron chi connectivity index (χ1n) is 9.06. The van der Waals surface area contributed by atoms with E-state index in [-0.39, 0.29) is 19.8 Å². The highest BCUT2D eigenvalue weighted by atomic mass is 19.4. The molecule has 2 aromatic carbocycles. The van der Waals surface area contributed by atoms with Gasteiger partial charge in [-0.05, 0) is 29.7 Å². The Kier molecular flexibility index (Phi) is 5.05. The van der Waals surface area contributed by atoms with Crippen molar-refractivity contribution in [2.24, 2.45) is 0 Å². The Bertz CT molecular complexity index is 854. The number of halogens is 3. The Balaban J connectivity index is 1.66. The number of hydroxylamine groups is 2. The number of ether oxygens (including phenoxy) is 3. The van der Waals surface area contributed by atoms with E-state index in [2.05, 4.69) is 4.74 Å². The van der Waals surface area contributed by atoms with Crippen LogP contribution < -0.4 is 4.84 Å². The molecule has 0 saturated carbocycles. The standard InChI is InChI=1S/C20H20F3NO4/c1-2-26-19(28-20(21,22)23)13-25-11-10-24(19)27-18-9-5-8-16-15-7-4-3-6-14(15)12-17(16)18/h3-9H,2,10-13H2,1H3. The number of fused-ring (bicyclic) bond motifs is 3. The van der Waals surface area contributed by atoms with Crippen LogP contribution in [-0.2, 0) is 20.6 Å². The van der Waals surface area contributed by atoms with Crippen LogP contribution in [0.3, 0.4) is 0 Å². The fraction of sp³-hybridized carbons (Fsp3) is 0.400. The highest BCUT2D eigenvalue weighted by Gasteiger charge is 2.52. The number of morpholine rings is 1. The van der Waals surface area contributed by atoms with Gasteiger partial charge in [-0.15, -0.1) is 13.2 Å². The number of rotatable bonds is 5. The molecule has 1 aliphatic carbocycles. The molecule has 150 valence electrons. The van der Waals surface area contributed by atoms with Crippen molar-refractivity contribution in [3.05, 3.63) is 53.6 Å². The molecule has 4 rings (SSSR count). The average Bonchev–Trinajstić information content (AvgIpc) is 3.02. The number of hydrogen-bond donors (Lipinski definition) is 0. The number of hydrogen-bond acceptors (Lipinski definition) is 5. The molecule has 0 spiro atoms. The van der Waals surface area contributed by atoms with Crippen LogP contribution in [0.4, 0.5) is 13.2 Å². The molecule has 1 atom stereocenters. The van der Waals surface area contributed by atoms with Gasteiger partial charge in [-0.1, -0.05) is 41.5 Å². The van der Waals surface area contributed by atoms with Crippen molar-refractivity contribution in [3.63, 3.8) is 0 Å². The highest BCUT2D eigenvalue weighted by Crippen LogP contribution is 2.42. The van der Waals surface area contributed by atoms with Crippen LogP contribution in [0.1, 0.15) is 18.1 Å². The summed E-state index contributed by atoms with van der Waals surface area (Å²) < 4.78 is 54.1. The second kappa shape index (κ2) is 7.36. The molecule has 1 unspecified atom stereocenters. The third kappa shape index (κ3) is 3.60. The zero-order chi connectivity index (χ0) is 19.8. The van der Waals surface area contributed by atoms with Crippen LogP contribution in [-0.4, -0.2) is 43.7 Å². The summed E-state index contributed by atoms with van der Waals surface area (Å²) in [5.74, 6) is -1.72. The van der Waals surface area contributed by atoms with Crippen molar-refractivity contribution in [3.8, 4) is 16.9 Å². The average molecular weight is 395 g/mol. The summed E-state index contributed by atoms with van der Waals surface area (Å²) >= 11 is 0. The van der Waals surface area contributed by atoms with Crippen LogP contribution in [0.5, 0.6) is 5.75 Å². The van der Waals surface area contributed by atoms with Crippen LogP contribution >= 0.6 is 0 Å². The summed E-state index contributed by atoms with van der Waals surface area (Å²) in [6.07, 6.45) is -4.26. The van der Waals surface area contributed by atoms with Crippen molar-refractivity contribution >= 4 is 0 Å². The first kappa shape index (κ1) is 19.2. The maximum atomic E-state index is 13.1. The quantitative estimate of drug-likeness (QED) is 0.608. The lowest BCUT2D eigenvalue weighted by atomic mass is 10.1. The zero-order valence-electron chi connectivity index (χ0n) is 15.3. The lowest BCUT2D eigenvalue weighted by Crippen LogP contribution is -2.63. The Hall–Kier alpha value is -2.13. The summed E-state index contributed by atoms with van der Waals surface area (Å²) in [6.45, 7) is 1.43. The Morgan fingerprint density at radius 3 is 2.68 bits per heavy atom. The molecule has 0 N–H and O–H groups in total. The van der Waals surface area contributed by atoms with E-state index in [4.69, 9.17) is 14.3 Å². The maximum Gasteiger partial charge on any atom is 0.526 e. The summed E-state index contributed by atoms with van der Waals surface area (Å²) in [5.41, 5.74) is 4.19. The van der Waals surface area contributed by atoms with Crippen molar-refractivity contribution in [1.82, 2.24) is 5.06 Å². The lowest BCUT2D eigenvalue weighted by Gasteiger charge is -2.43. The zero-order valence-corrected chi connectivity index (χ0v) is 15.3.